The Bertz CT molecular complexity index is 639. The maximum Gasteiger partial charge on any atom is 0.274 e. The van der Waals surface area contributed by atoms with Gasteiger partial charge in [-0.2, -0.15) is 0 Å². The lowest BCUT2D eigenvalue weighted by molar-refractivity contribution is -0.130. The minimum absolute atomic E-state index is 0.0212. The third-order valence-corrected chi connectivity index (χ3v) is 2.87. The van der Waals surface area contributed by atoms with Crippen LogP contribution in [0.2, 0.25) is 0 Å². The van der Waals surface area contributed by atoms with Crippen molar-refractivity contribution in [1.82, 2.24) is 9.88 Å². The summed E-state index contributed by atoms with van der Waals surface area (Å²) in [6, 6.07) is 11.9. The monoisotopic (exact) mass is 299 g/mol. The van der Waals surface area contributed by atoms with Crippen molar-refractivity contribution >= 4 is 17.5 Å². The first kappa shape index (κ1) is 15.5. The second-order valence-electron chi connectivity index (χ2n) is 4.77. The number of aromatic nitrogens is 1. The zero-order valence-corrected chi connectivity index (χ0v) is 12.4. The number of benzene rings is 1. The molecular formula is C16H17N3O3. The number of likely N-dealkylation sites (N-methyl/N-ethyl adjacent to an activating group) is 1. The number of hydrogen-bond acceptors (Lipinski definition) is 4. The number of amides is 2. The first-order valence-corrected chi connectivity index (χ1v) is 6.71. The Kier molecular flexibility index (Phi) is 5.08. The molecule has 22 heavy (non-hydrogen) atoms. The number of ether oxygens (including phenoxy) is 1. The summed E-state index contributed by atoms with van der Waals surface area (Å²) >= 11 is 0. The lowest BCUT2D eigenvalue weighted by Gasteiger charge is -2.11. The fraction of sp³-hybridized carbons (Fsp3) is 0.188. The predicted molar refractivity (Wildman–Crippen MR) is 82.8 cm³/mol. The van der Waals surface area contributed by atoms with Gasteiger partial charge in [0.05, 0.1) is 0 Å². The van der Waals surface area contributed by atoms with E-state index in [2.05, 4.69) is 10.3 Å². The maximum atomic E-state index is 11.9. The van der Waals surface area contributed by atoms with Gasteiger partial charge in [-0.15, -0.1) is 0 Å². The number of anilines is 1. The minimum Gasteiger partial charge on any atom is -0.484 e. The summed E-state index contributed by atoms with van der Waals surface area (Å²) in [7, 11) is 3.34. The van der Waals surface area contributed by atoms with Crippen LogP contribution in [0.4, 0.5) is 5.69 Å². The van der Waals surface area contributed by atoms with Gasteiger partial charge in [0.1, 0.15) is 11.4 Å². The Morgan fingerprint density at radius 3 is 2.45 bits per heavy atom. The van der Waals surface area contributed by atoms with Crippen molar-refractivity contribution < 1.29 is 14.3 Å². The number of nitrogens with zero attached hydrogens (tertiary/aromatic N) is 2. The Hall–Kier alpha value is -2.89. The van der Waals surface area contributed by atoms with E-state index in [0.717, 1.165) is 0 Å². The highest BCUT2D eigenvalue weighted by Crippen LogP contribution is 2.16. The fourth-order valence-corrected chi connectivity index (χ4v) is 1.60. The summed E-state index contributed by atoms with van der Waals surface area (Å²) in [5.74, 6) is 0.163. The van der Waals surface area contributed by atoms with E-state index in [-0.39, 0.29) is 18.4 Å². The van der Waals surface area contributed by atoms with Gasteiger partial charge < -0.3 is 15.0 Å². The third kappa shape index (κ3) is 4.31. The molecule has 0 radical (unpaired) electrons. The summed E-state index contributed by atoms with van der Waals surface area (Å²) in [4.78, 5) is 28.8. The molecule has 0 saturated heterocycles. The number of carbonyl (C=O) groups excluding carboxylic acids is 2. The number of nitrogens with one attached hydrogen (secondary N) is 1. The standard InChI is InChI=1S/C16H17N3O3/c1-19(2)15(20)11-22-13-8-6-12(7-9-13)18-16(21)14-5-3-4-10-17-14/h3-10H,11H2,1-2H3,(H,18,21). The van der Waals surface area contributed by atoms with Gasteiger partial charge in [-0.1, -0.05) is 6.07 Å². The van der Waals surface area contributed by atoms with Gasteiger partial charge in [0.15, 0.2) is 6.61 Å². The van der Waals surface area contributed by atoms with Crippen LogP contribution in [0.3, 0.4) is 0 Å². The van der Waals surface area contributed by atoms with Crippen LogP contribution in [0, 0.1) is 0 Å². The van der Waals surface area contributed by atoms with Crippen molar-refractivity contribution in [2.75, 3.05) is 26.0 Å². The van der Waals surface area contributed by atoms with E-state index in [1.807, 2.05) is 0 Å². The molecule has 1 heterocycles. The second kappa shape index (κ2) is 7.21. The smallest absolute Gasteiger partial charge is 0.274 e. The topological polar surface area (TPSA) is 71.5 Å². The van der Waals surface area contributed by atoms with Gasteiger partial charge in [-0.25, -0.2) is 0 Å². The fourth-order valence-electron chi connectivity index (χ4n) is 1.60. The molecule has 0 aliphatic carbocycles. The number of hydrogen-bond donors (Lipinski definition) is 1. The van der Waals surface area contributed by atoms with E-state index in [1.54, 1.807) is 62.8 Å². The van der Waals surface area contributed by atoms with Crippen LogP contribution in [-0.4, -0.2) is 42.4 Å². The molecule has 0 saturated carbocycles. The molecule has 6 nitrogen and oxygen atoms in total. The molecule has 6 heteroatoms. The molecule has 0 atom stereocenters. The molecule has 0 aliphatic heterocycles. The highest BCUT2D eigenvalue weighted by Gasteiger charge is 2.07. The summed E-state index contributed by atoms with van der Waals surface area (Å²) < 4.78 is 5.36. The molecule has 1 aromatic heterocycles. The third-order valence-electron chi connectivity index (χ3n) is 2.87. The molecular weight excluding hydrogens is 282 g/mol. The van der Waals surface area contributed by atoms with E-state index in [4.69, 9.17) is 4.74 Å². The van der Waals surface area contributed by atoms with Crippen molar-refractivity contribution in [3.05, 3.63) is 54.4 Å². The Morgan fingerprint density at radius 2 is 1.86 bits per heavy atom. The molecule has 0 fully saturated rings. The molecule has 2 rings (SSSR count). The highest BCUT2D eigenvalue weighted by molar-refractivity contribution is 6.02. The largest absolute Gasteiger partial charge is 0.484 e. The van der Waals surface area contributed by atoms with Gasteiger partial charge in [-0.05, 0) is 36.4 Å². The number of pyridine rings is 1. The maximum absolute atomic E-state index is 11.9. The van der Waals surface area contributed by atoms with Gasteiger partial charge in [0, 0.05) is 26.0 Å². The van der Waals surface area contributed by atoms with E-state index in [0.29, 0.717) is 17.1 Å². The average molecular weight is 299 g/mol. The second-order valence-corrected chi connectivity index (χ2v) is 4.77. The minimum atomic E-state index is -0.281. The lowest BCUT2D eigenvalue weighted by atomic mass is 10.3. The van der Waals surface area contributed by atoms with Crippen LogP contribution in [-0.2, 0) is 4.79 Å². The van der Waals surface area contributed by atoms with Gasteiger partial charge >= 0.3 is 0 Å². The van der Waals surface area contributed by atoms with Crippen molar-refractivity contribution in [1.29, 1.82) is 0 Å². The average Bonchev–Trinajstić information content (AvgIpc) is 2.54. The van der Waals surface area contributed by atoms with Crippen molar-refractivity contribution in [2.45, 2.75) is 0 Å². The Morgan fingerprint density at radius 1 is 1.14 bits per heavy atom. The van der Waals surface area contributed by atoms with Gasteiger partial charge in [-0.3, -0.25) is 14.6 Å². The molecule has 0 unspecified atom stereocenters. The molecule has 2 amide bonds. The zero-order chi connectivity index (χ0) is 15.9. The van der Waals surface area contributed by atoms with Gasteiger partial charge in [0.2, 0.25) is 0 Å². The Labute approximate surface area is 128 Å². The van der Waals surface area contributed by atoms with Gasteiger partial charge in [0.25, 0.3) is 11.8 Å². The molecule has 114 valence electrons. The van der Waals surface area contributed by atoms with Crippen molar-refractivity contribution in [3.8, 4) is 5.75 Å². The van der Waals surface area contributed by atoms with Crippen molar-refractivity contribution in [3.63, 3.8) is 0 Å². The van der Waals surface area contributed by atoms with Crippen LogP contribution in [0.25, 0.3) is 0 Å². The van der Waals surface area contributed by atoms with Crippen molar-refractivity contribution in [2.24, 2.45) is 0 Å². The summed E-state index contributed by atoms with van der Waals surface area (Å²) in [6.45, 7) is -0.0212. The molecule has 2 aromatic rings. The number of rotatable bonds is 5. The predicted octanol–water partition coefficient (Wildman–Crippen LogP) is 1.80. The van der Waals surface area contributed by atoms with Crippen LogP contribution in [0.1, 0.15) is 10.5 Å². The Balaban J connectivity index is 1.92. The van der Waals surface area contributed by atoms with E-state index in [9.17, 15) is 9.59 Å². The van der Waals surface area contributed by atoms with E-state index < -0.39 is 0 Å². The SMILES string of the molecule is CN(C)C(=O)COc1ccc(NC(=O)c2ccccn2)cc1. The molecule has 0 aliphatic rings. The molecule has 1 N–H and O–H groups in total. The van der Waals surface area contributed by atoms with Crippen LogP contribution < -0.4 is 10.1 Å². The first-order chi connectivity index (χ1) is 10.6. The molecule has 1 aromatic carbocycles. The molecule has 0 bridgehead atoms. The summed E-state index contributed by atoms with van der Waals surface area (Å²) in [6.07, 6.45) is 1.56. The van der Waals surface area contributed by atoms with E-state index in [1.165, 1.54) is 4.90 Å². The number of carbonyl (C=O) groups is 2. The van der Waals surface area contributed by atoms with E-state index >= 15 is 0 Å². The lowest BCUT2D eigenvalue weighted by Crippen LogP contribution is -2.27. The zero-order valence-electron chi connectivity index (χ0n) is 12.4. The normalized spacial score (nSPS) is 9.91. The molecule has 0 spiro atoms. The highest BCUT2D eigenvalue weighted by atomic mass is 16.5. The quantitative estimate of drug-likeness (QED) is 0.914. The van der Waals surface area contributed by atoms with Crippen LogP contribution in [0.5, 0.6) is 5.75 Å². The summed E-state index contributed by atoms with van der Waals surface area (Å²) in [5, 5.41) is 2.74. The summed E-state index contributed by atoms with van der Waals surface area (Å²) in [5.41, 5.74) is 0.973. The van der Waals surface area contributed by atoms with Crippen LogP contribution >= 0.6 is 0 Å². The van der Waals surface area contributed by atoms with Crippen LogP contribution in [0.15, 0.2) is 48.7 Å². The first-order valence-electron chi connectivity index (χ1n) is 6.71.